The lowest BCUT2D eigenvalue weighted by molar-refractivity contribution is 0.0626. The van der Waals surface area contributed by atoms with E-state index in [1.165, 1.54) is 13.2 Å². The van der Waals surface area contributed by atoms with E-state index in [0.29, 0.717) is 36.7 Å². The number of ether oxygens (including phenoxy) is 1. The molecule has 6 nitrogen and oxygen atoms in total. The first-order valence-corrected chi connectivity index (χ1v) is 8.26. The minimum Gasteiger partial charge on any atom is -0.494 e. The number of nitrogens with zero attached hydrogens (tertiary/aromatic N) is 3. The predicted octanol–water partition coefficient (Wildman–Crippen LogP) is 2.40. The van der Waals surface area contributed by atoms with Crippen molar-refractivity contribution in [2.24, 2.45) is 0 Å². The number of aryl methyl sites for hydroxylation is 2. The van der Waals surface area contributed by atoms with E-state index >= 15 is 0 Å². The van der Waals surface area contributed by atoms with E-state index in [2.05, 4.69) is 10.1 Å². The van der Waals surface area contributed by atoms with Gasteiger partial charge in [0, 0.05) is 32.7 Å². The van der Waals surface area contributed by atoms with Gasteiger partial charge in [0.1, 0.15) is 11.3 Å². The van der Waals surface area contributed by atoms with Crippen LogP contribution >= 0.6 is 0 Å². The van der Waals surface area contributed by atoms with Gasteiger partial charge in [-0.15, -0.1) is 0 Å². The van der Waals surface area contributed by atoms with E-state index in [1.807, 2.05) is 11.0 Å². The van der Waals surface area contributed by atoms with Gasteiger partial charge in [0.25, 0.3) is 5.91 Å². The lowest BCUT2D eigenvalue weighted by Crippen LogP contribution is -2.48. The highest BCUT2D eigenvalue weighted by Gasteiger charge is 2.26. The molecule has 0 aliphatic carbocycles. The Morgan fingerprint density at radius 3 is 2.56 bits per heavy atom. The second-order valence-corrected chi connectivity index (χ2v) is 6.24. The summed E-state index contributed by atoms with van der Waals surface area (Å²) < 4.78 is 23.8. The molecule has 0 atom stereocenters. The van der Waals surface area contributed by atoms with Crippen LogP contribution in [0.1, 0.15) is 27.4 Å². The highest BCUT2D eigenvalue weighted by atomic mass is 19.1. The normalized spacial score (nSPS) is 15.4. The van der Waals surface area contributed by atoms with Crippen molar-refractivity contribution < 1.29 is 18.4 Å². The van der Waals surface area contributed by atoms with E-state index in [4.69, 9.17) is 9.26 Å². The molecule has 1 saturated heterocycles. The van der Waals surface area contributed by atoms with Crippen LogP contribution in [0.5, 0.6) is 5.75 Å². The second kappa shape index (κ2) is 7.23. The molecule has 0 unspecified atom stereocenters. The number of piperazine rings is 1. The Kier molecular flexibility index (Phi) is 5.03. The largest absolute Gasteiger partial charge is 0.494 e. The number of amides is 1. The number of rotatable bonds is 4. The summed E-state index contributed by atoms with van der Waals surface area (Å²) in [6.45, 7) is 6.91. The summed E-state index contributed by atoms with van der Waals surface area (Å²) in [7, 11) is 1.45. The molecule has 134 valence electrons. The van der Waals surface area contributed by atoms with Gasteiger partial charge in [-0.05, 0) is 31.5 Å². The Balaban J connectivity index is 1.59. The summed E-state index contributed by atoms with van der Waals surface area (Å²) in [5, 5.41) is 3.85. The third-order valence-corrected chi connectivity index (χ3v) is 4.53. The molecule has 1 amide bonds. The lowest BCUT2D eigenvalue weighted by atomic mass is 10.1. The van der Waals surface area contributed by atoms with Gasteiger partial charge in [-0.1, -0.05) is 11.2 Å². The highest BCUT2D eigenvalue weighted by molar-refractivity contribution is 5.96. The fraction of sp³-hybridized carbons (Fsp3) is 0.444. The average molecular weight is 347 g/mol. The number of carbonyl (C=O) groups excluding carboxylic acids is 1. The molecule has 1 aliphatic rings. The first-order chi connectivity index (χ1) is 12.0. The fourth-order valence-electron chi connectivity index (χ4n) is 3.12. The Bertz CT molecular complexity index is 747. The number of hydrogen-bond acceptors (Lipinski definition) is 5. The minimum atomic E-state index is -0.354. The molecular formula is C18H22FN3O3. The molecule has 1 aromatic heterocycles. The number of benzene rings is 1. The van der Waals surface area contributed by atoms with Crippen molar-refractivity contribution >= 4 is 5.91 Å². The van der Waals surface area contributed by atoms with E-state index in [1.54, 1.807) is 19.9 Å². The summed E-state index contributed by atoms with van der Waals surface area (Å²) in [6, 6.07) is 5.01. The van der Waals surface area contributed by atoms with E-state index in [9.17, 15) is 9.18 Å². The summed E-state index contributed by atoms with van der Waals surface area (Å²) >= 11 is 0. The van der Waals surface area contributed by atoms with Gasteiger partial charge >= 0.3 is 0 Å². The van der Waals surface area contributed by atoms with Gasteiger partial charge in [-0.2, -0.15) is 0 Å². The molecule has 0 N–H and O–H groups in total. The van der Waals surface area contributed by atoms with Crippen LogP contribution in [0.3, 0.4) is 0 Å². The average Bonchev–Trinajstić information content (AvgIpc) is 2.94. The number of methoxy groups -OCH3 is 1. The van der Waals surface area contributed by atoms with Crippen molar-refractivity contribution in [2.45, 2.75) is 20.4 Å². The van der Waals surface area contributed by atoms with Crippen molar-refractivity contribution in [2.75, 3.05) is 33.3 Å². The van der Waals surface area contributed by atoms with Crippen molar-refractivity contribution in [1.29, 1.82) is 0 Å². The SMILES string of the molecule is COc1ccc(CN2CCN(C(=O)c3c(C)noc3C)CC2)cc1F. The van der Waals surface area contributed by atoms with Crippen LogP contribution in [0.15, 0.2) is 22.7 Å². The molecule has 25 heavy (non-hydrogen) atoms. The smallest absolute Gasteiger partial charge is 0.259 e. The van der Waals surface area contributed by atoms with Crippen LogP contribution in [0.4, 0.5) is 4.39 Å². The number of aromatic nitrogens is 1. The first kappa shape index (κ1) is 17.4. The molecule has 1 aliphatic heterocycles. The summed E-state index contributed by atoms with van der Waals surface area (Å²) in [5.74, 6) is 0.413. The maximum absolute atomic E-state index is 13.8. The Hall–Kier alpha value is -2.41. The molecule has 0 spiro atoms. The molecule has 0 radical (unpaired) electrons. The first-order valence-electron chi connectivity index (χ1n) is 8.26. The summed E-state index contributed by atoms with van der Waals surface area (Å²) in [5.41, 5.74) is 2.08. The van der Waals surface area contributed by atoms with Crippen LogP contribution in [-0.2, 0) is 6.54 Å². The Labute approximate surface area is 146 Å². The highest BCUT2D eigenvalue weighted by Crippen LogP contribution is 2.20. The van der Waals surface area contributed by atoms with Gasteiger partial charge in [0.15, 0.2) is 11.6 Å². The standard InChI is InChI=1S/C18H22FN3O3/c1-12-17(13(2)25-20-12)18(23)22-8-6-21(7-9-22)11-14-4-5-16(24-3)15(19)10-14/h4-5,10H,6-9,11H2,1-3H3. The van der Waals surface area contributed by atoms with Crippen LogP contribution in [0, 0.1) is 19.7 Å². The van der Waals surface area contributed by atoms with Crippen molar-refractivity contribution in [3.8, 4) is 5.75 Å². The van der Waals surface area contributed by atoms with Gasteiger partial charge in [0.2, 0.25) is 0 Å². The van der Waals surface area contributed by atoms with Gasteiger partial charge in [-0.25, -0.2) is 4.39 Å². The van der Waals surface area contributed by atoms with E-state index in [-0.39, 0.29) is 17.5 Å². The second-order valence-electron chi connectivity index (χ2n) is 6.24. The van der Waals surface area contributed by atoms with Crippen LogP contribution in [0.2, 0.25) is 0 Å². The molecular weight excluding hydrogens is 325 g/mol. The molecule has 3 rings (SSSR count). The molecule has 1 aromatic carbocycles. The Morgan fingerprint density at radius 2 is 2.00 bits per heavy atom. The lowest BCUT2D eigenvalue weighted by Gasteiger charge is -2.34. The molecule has 0 bridgehead atoms. The predicted molar refractivity (Wildman–Crippen MR) is 90.1 cm³/mol. The molecule has 2 heterocycles. The van der Waals surface area contributed by atoms with Gasteiger partial charge in [0.05, 0.1) is 12.8 Å². The minimum absolute atomic E-state index is 0.0357. The summed E-state index contributed by atoms with van der Waals surface area (Å²) in [4.78, 5) is 16.7. The number of halogens is 1. The zero-order valence-electron chi connectivity index (χ0n) is 14.7. The third kappa shape index (κ3) is 3.66. The maximum atomic E-state index is 13.8. The number of carbonyl (C=O) groups is 1. The fourth-order valence-corrected chi connectivity index (χ4v) is 3.12. The van der Waals surface area contributed by atoms with Crippen LogP contribution in [0.25, 0.3) is 0 Å². The van der Waals surface area contributed by atoms with E-state index in [0.717, 1.165) is 18.7 Å². The monoisotopic (exact) mass is 347 g/mol. The topological polar surface area (TPSA) is 58.8 Å². The van der Waals surface area contributed by atoms with Crippen molar-refractivity contribution in [3.05, 3.63) is 46.6 Å². The van der Waals surface area contributed by atoms with Gasteiger partial charge in [-0.3, -0.25) is 9.69 Å². The zero-order chi connectivity index (χ0) is 18.0. The maximum Gasteiger partial charge on any atom is 0.259 e. The summed E-state index contributed by atoms with van der Waals surface area (Å²) in [6.07, 6.45) is 0. The third-order valence-electron chi connectivity index (χ3n) is 4.53. The molecule has 1 fully saturated rings. The van der Waals surface area contributed by atoms with Gasteiger partial charge < -0.3 is 14.2 Å². The van der Waals surface area contributed by atoms with Crippen LogP contribution in [-0.4, -0.2) is 54.2 Å². The van der Waals surface area contributed by atoms with Crippen molar-refractivity contribution in [3.63, 3.8) is 0 Å². The van der Waals surface area contributed by atoms with E-state index < -0.39 is 0 Å². The molecule has 7 heteroatoms. The number of hydrogen-bond donors (Lipinski definition) is 0. The van der Waals surface area contributed by atoms with Crippen LogP contribution < -0.4 is 4.74 Å². The molecule has 2 aromatic rings. The zero-order valence-corrected chi connectivity index (χ0v) is 14.7. The molecule has 0 saturated carbocycles. The quantitative estimate of drug-likeness (QED) is 0.850. The van der Waals surface area contributed by atoms with Crippen molar-refractivity contribution in [1.82, 2.24) is 15.0 Å². The Morgan fingerprint density at radius 1 is 1.28 bits per heavy atom.